The summed E-state index contributed by atoms with van der Waals surface area (Å²) in [5.41, 5.74) is 1.06. The zero-order valence-corrected chi connectivity index (χ0v) is 8.11. The summed E-state index contributed by atoms with van der Waals surface area (Å²) in [6, 6.07) is 1.57. The first kappa shape index (κ1) is 11.1. The van der Waals surface area contributed by atoms with Gasteiger partial charge >= 0.3 is 0 Å². The Morgan fingerprint density at radius 3 is 2.64 bits per heavy atom. The van der Waals surface area contributed by atoms with Crippen molar-refractivity contribution in [1.29, 1.82) is 0 Å². The van der Waals surface area contributed by atoms with Crippen LogP contribution in [0.25, 0.3) is 0 Å². The van der Waals surface area contributed by atoms with Crippen molar-refractivity contribution in [3.63, 3.8) is 0 Å². The van der Waals surface area contributed by atoms with Crippen LogP contribution in [0.4, 0.5) is 4.39 Å². The van der Waals surface area contributed by atoms with Gasteiger partial charge in [0.25, 0.3) is 0 Å². The summed E-state index contributed by atoms with van der Waals surface area (Å²) in [6.45, 7) is 2.08. The zero-order valence-electron chi connectivity index (χ0n) is 8.11. The molecule has 1 aromatic heterocycles. The van der Waals surface area contributed by atoms with Crippen molar-refractivity contribution in [2.24, 2.45) is 0 Å². The van der Waals surface area contributed by atoms with E-state index in [4.69, 9.17) is 5.26 Å². The maximum Gasteiger partial charge on any atom is 0.141 e. The standard InChI is InChI=1S/C8H8FN.C2H6O2/c9-8-3-7(4-10-5-8)6-1-2-6;1-2-4-3/h3-6H,1-2H2;3H,2H2,1H3. The monoisotopic (exact) mass is 199 g/mol. The Bertz CT molecular complexity index is 275. The van der Waals surface area contributed by atoms with E-state index in [0.717, 1.165) is 5.56 Å². The van der Waals surface area contributed by atoms with E-state index in [1.165, 1.54) is 19.0 Å². The largest absolute Gasteiger partial charge is 0.261 e. The molecule has 2 rings (SSSR count). The van der Waals surface area contributed by atoms with Crippen LogP contribution in [0.15, 0.2) is 18.5 Å². The predicted octanol–water partition coefficient (Wildman–Crippen LogP) is 2.59. The molecule has 0 spiro atoms. The fourth-order valence-corrected chi connectivity index (χ4v) is 1.07. The molecule has 0 amide bonds. The van der Waals surface area contributed by atoms with Gasteiger partial charge in [0.15, 0.2) is 0 Å². The maximum absolute atomic E-state index is 12.5. The molecule has 1 aromatic rings. The number of hydrogen-bond donors (Lipinski definition) is 1. The molecule has 1 heterocycles. The van der Waals surface area contributed by atoms with Gasteiger partial charge in [0.05, 0.1) is 12.8 Å². The summed E-state index contributed by atoms with van der Waals surface area (Å²) in [6.07, 6.45) is 5.39. The second kappa shape index (κ2) is 5.67. The van der Waals surface area contributed by atoms with Crippen molar-refractivity contribution in [3.8, 4) is 0 Å². The van der Waals surface area contributed by atoms with Crippen LogP contribution in [0.1, 0.15) is 31.2 Å². The van der Waals surface area contributed by atoms with E-state index in [0.29, 0.717) is 12.5 Å². The van der Waals surface area contributed by atoms with Gasteiger partial charge in [0.1, 0.15) is 5.82 Å². The number of pyridine rings is 1. The van der Waals surface area contributed by atoms with Gasteiger partial charge in [0, 0.05) is 6.20 Å². The minimum atomic E-state index is -0.218. The molecule has 3 nitrogen and oxygen atoms in total. The van der Waals surface area contributed by atoms with Crippen LogP contribution in [0.3, 0.4) is 0 Å². The molecule has 1 saturated carbocycles. The molecular weight excluding hydrogens is 185 g/mol. The summed E-state index contributed by atoms with van der Waals surface area (Å²) in [4.78, 5) is 7.31. The van der Waals surface area contributed by atoms with E-state index in [1.807, 2.05) is 0 Å². The second-order valence-corrected chi connectivity index (χ2v) is 3.13. The Balaban J connectivity index is 0.000000213. The third kappa shape index (κ3) is 3.81. The van der Waals surface area contributed by atoms with E-state index in [2.05, 4.69) is 9.87 Å². The topological polar surface area (TPSA) is 42.4 Å². The van der Waals surface area contributed by atoms with Gasteiger partial charge in [0.2, 0.25) is 0 Å². The van der Waals surface area contributed by atoms with Crippen LogP contribution >= 0.6 is 0 Å². The maximum atomic E-state index is 12.5. The van der Waals surface area contributed by atoms with Crippen LogP contribution in [0.2, 0.25) is 0 Å². The Morgan fingerprint density at radius 1 is 1.57 bits per heavy atom. The molecule has 0 atom stereocenters. The quantitative estimate of drug-likeness (QED) is 0.588. The Morgan fingerprint density at radius 2 is 2.21 bits per heavy atom. The number of hydrogen-bond acceptors (Lipinski definition) is 3. The van der Waals surface area contributed by atoms with E-state index in [-0.39, 0.29) is 5.82 Å². The molecule has 0 radical (unpaired) electrons. The summed E-state index contributed by atoms with van der Waals surface area (Å²) in [5, 5.41) is 7.38. The van der Waals surface area contributed by atoms with Crippen LogP contribution in [-0.4, -0.2) is 16.8 Å². The van der Waals surface area contributed by atoms with Crippen LogP contribution in [0, 0.1) is 5.82 Å². The third-order valence-corrected chi connectivity index (χ3v) is 1.90. The van der Waals surface area contributed by atoms with Crippen molar-refractivity contribution in [2.45, 2.75) is 25.7 Å². The molecule has 1 aliphatic rings. The van der Waals surface area contributed by atoms with Crippen molar-refractivity contribution in [3.05, 3.63) is 29.8 Å². The van der Waals surface area contributed by atoms with Gasteiger partial charge < -0.3 is 0 Å². The predicted molar refractivity (Wildman–Crippen MR) is 50.4 cm³/mol. The molecule has 0 aromatic carbocycles. The molecule has 1 aliphatic carbocycles. The molecule has 0 aliphatic heterocycles. The van der Waals surface area contributed by atoms with Crippen molar-refractivity contribution >= 4 is 0 Å². The number of halogens is 1. The fraction of sp³-hybridized carbons (Fsp3) is 0.500. The number of nitrogens with zero attached hydrogens (tertiary/aromatic N) is 1. The lowest BCUT2D eigenvalue weighted by Gasteiger charge is -1.94. The molecule has 1 N–H and O–H groups in total. The average molecular weight is 199 g/mol. The van der Waals surface area contributed by atoms with Gasteiger partial charge in [-0.25, -0.2) is 9.28 Å². The highest BCUT2D eigenvalue weighted by Crippen LogP contribution is 2.39. The highest BCUT2D eigenvalue weighted by Gasteiger charge is 2.23. The molecule has 78 valence electrons. The average Bonchev–Trinajstić information content (AvgIpc) is 3.02. The lowest BCUT2D eigenvalue weighted by atomic mass is 10.2. The van der Waals surface area contributed by atoms with Crippen LogP contribution in [-0.2, 0) is 4.89 Å². The molecular formula is C10H14FNO2. The van der Waals surface area contributed by atoms with E-state index in [1.54, 1.807) is 19.2 Å². The lowest BCUT2D eigenvalue weighted by Crippen LogP contribution is -1.83. The molecule has 0 bridgehead atoms. The summed E-state index contributed by atoms with van der Waals surface area (Å²) in [7, 11) is 0. The highest BCUT2D eigenvalue weighted by atomic mass is 19.1. The van der Waals surface area contributed by atoms with Crippen molar-refractivity contribution in [2.75, 3.05) is 6.61 Å². The highest BCUT2D eigenvalue weighted by molar-refractivity contribution is 5.19. The molecule has 4 heteroatoms. The summed E-state index contributed by atoms with van der Waals surface area (Å²) in [5.74, 6) is 0.382. The molecule has 0 unspecified atom stereocenters. The van der Waals surface area contributed by atoms with Gasteiger partial charge in [-0.05, 0) is 37.3 Å². The van der Waals surface area contributed by atoms with Gasteiger partial charge in [-0.3, -0.25) is 10.2 Å². The van der Waals surface area contributed by atoms with Gasteiger partial charge in [-0.1, -0.05) is 0 Å². The normalized spacial score (nSPS) is 14.5. The van der Waals surface area contributed by atoms with Gasteiger partial charge in [-0.2, -0.15) is 0 Å². The van der Waals surface area contributed by atoms with Crippen molar-refractivity contribution < 1.29 is 14.5 Å². The number of rotatable bonds is 2. The lowest BCUT2D eigenvalue weighted by molar-refractivity contribution is -0.237. The zero-order chi connectivity index (χ0) is 10.4. The smallest absolute Gasteiger partial charge is 0.141 e. The molecule has 0 saturated heterocycles. The van der Waals surface area contributed by atoms with Crippen LogP contribution in [0.5, 0.6) is 0 Å². The Kier molecular flexibility index (Phi) is 4.49. The first-order valence-electron chi connectivity index (χ1n) is 4.64. The minimum absolute atomic E-state index is 0.218. The third-order valence-electron chi connectivity index (χ3n) is 1.90. The van der Waals surface area contributed by atoms with Crippen molar-refractivity contribution in [1.82, 2.24) is 4.98 Å². The van der Waals surface area contributed by atoms with E-state index < -0.39 is 0 Å². The fourth-order valence-electron chi connectivity index (χ4n) is 1.07. The Labute approximate surface area is 82.5 Å². The Hall–Kier alpha value is -1.00. The van der Waals surface area contributed by atoms with E-state index >= 15 is 0 Å². The van der Waals surface area contributed by atoms with Crippen LogP contribution < -0.4 is 0 Å². The summed E-state index contributed by atoms with van der Waals surface area (Å²) < 4.78 is 12.5. The summed E-state index contributed by atoms with van der Waals surface area (Å²) >= 11 is 0. The van der Waals surface area contributed by atoms with Gasteiger partial charge in [-0.15, -0.1) is 0 Å². The van der Waals surface area contributed by atoms with E-state index in [9.17, 15) is 4.39 Å². The molecule has 1 fully saturated rings. The minimum Gasteiger partial charge on any atom is -0.261 e. The SMILES string of the molecule is CCOO.Fc1cncc(C2CC2)c1. The first-order chi connectivity index (χ1) is 6.77. The first-order valence-corrected chi connectivity index (χ1v) is 4.64. The molecule has 14 heavy (non-hydrogen) atoms. The second-order valence-electron chi connectivity index (χ2n) is 3.13. The number of aromatic nitrogens is 1.